The van der Waals surface area contributed by atoms with Gasteiger partial charge in [-0.15, -0.1) is 0 Å². The second-order valence-electron chi connectivity index (χ2n) is 14.7. The second-order valence-corrected chi connectivity index (χ2v) is 14.7. The molecular weight excluding hydrogens is 651 g/mol. The lowest BCUT2D eigenvalue weighted by molar-refractivity contribution is -0.126. The number of amides is 1. The minimum atomic E-state index is -1.18. The second kappa shape index (κ2) is 13.9. The van der Waals surface area contributed by atoms with E-state index < -0.39 is 23.7 Å². The van der Waals surface area contributed by atoms with E-state index in [0.717, 1.165) is 12.8 Å². The standard InChI is InChI=1S/C39H47FN6O5/c1-7-32(47)44-15-16-45(24(5)19-44)37-28-17-23(4)34-33-29(40)9-8-10-30(33)51-21-31(50-20-26-11-12-26)36(48)27-13-14-43(18-22(2)3)25(6)35(27)46(38(28)41-34)39(49)42-37/h7-10,13-14,17,22,24-26,31,36,48H,1,11-12,15-16,18-21H2,2-6H3/t24-,25+,31?,36?/m0/s1. The Labute approximate surface area is 297 Å². The molecule has 2 fully saturated rings. The summed E-state index contributed by atoms with van der Waals surface area (Å²) in [5, 5.41) is 12.8. The number of aliphatic hydroxyl groups is 1. The molecule has 1 amide bonds. The fourth-order valence-corrected chi connectivity index (χ4v) is 7.52. The summed E-state index contributed by atoms with van der Waals surface area (Å²) in [6.07, 6.45) is 5.27. The molecule has 11 nitrogen and oxygen atoms in total. The van der Waals surface area contributed by atoms with Gasteiger partial charge in [0.25, 0.3) is 0 Å². The predicted octanol–water partition coefficient (Wildman–Crippen LogP) is 4.76. The highest BCUT2D eigenvalue weighted by atomic mass is 19.1. The van der Waals surface area contributed by atoms with Crippen LogP contribution in [0.2, 0.25) is 0 Å². The molecule has 1 N–H and O–H groups in total. The van der Waals surface area contributed by atoms with Crippen LogP contribution < -0.4 is 15.3 Å². The van der Waals surface area contributed by atoms with E-state index in [1.807, 2.05) is 44.0 Å². The minimum Gasteiger partial charge on any atom is -0.490 e. The van der Waals surface area contributed by atoms with Crippen molar-refractivity contribution in [1.82, 2.24) is 24.3 Å². The first-order valence-electron chi connectivity index (χ1n) is 18.0. The molecule has 0 radical (unpaired) electrons. The molecule has 2 bridgehead atoms. The van der Waals surface area contributed by atoms with Crippen molar-refractivity contribution in [3.8, 4) is 17.0 Å². The third-order valence-corrected chi connectivity index (χ3v) is 10.4. The monoisotopic (exact) mass is 698 g/mol. The Morgan fingerprint density at radius 1 is 1.22 bits per heavy atom. The molecule has 270 valence electrons. The van der Waals surface area contributed by atoms with Gasteiger partial charge >= 0.3 is 5.69 Å². The molecule has 1 aromatic carbocycles. The lowest BCUT2D eigenvalue weighted by Gasteiger charge is -2.41. The highest BCUT2D eigenvalue weighted by Gasteiger charge is 2.37. The van der Waals surface area contributed by atoms with Gasteiger partial charge in [0.2, 0.25) is 5.91 Å². The lowest BCUT2D eigenvalue weighted by Crippen LogP contribution is -2.54. The Hall–Kier alpha value is -4.55. The number of anilines is 1. The number of piperazine rings is 1. The Morgan fingerprint density at radius 2 is 2.00 bits per heavy atom. The molecule has 12 heteroatoms. The van der Waals surface area contributed by atoms with Crippen LogP contribution in [0.3, 0.4) is 0 Å². The predicted molar refractivity (Wildman–Crippen MR) is 195 cm³/mol. The quantitative estimate of drug-likeness (QED) is 0.349. The van der Waals surface area contributed by atoms with Crippen LogP contribution in [0.1, 0.15) is 46.1 Å². The van der Waals surface area contributed by atoms with Gasteiger partial charge in [-0.2, -0.15) is 4.98 Å². The summed E-state index contributed by atoms with van der Waals surface area (Å²) in [7, 11) is 0. The Balaban J connectivity index is 1.50. The number of rotatable bonds is 7. The van der Waals surface area contributed by atoms with Gasteiger partial charge < -0.3 is 29.3 Å². The fourth-order valence-electron chi connectivity index (χ4n) is 7.52. The smallest absolute Gasteiger partial charge is 0.355 e. The van der Waals surface area contributed by atoms with Gasteiger partial charge in [-0.05, 0) is 81.4 Å². The number of aliphatic hydroxyl groups excluding tert-OH is 1. The summed E-state index contributed by atoms with van der Waals surface area (Å²) < 4.78 is 30.1. The number of hydrogen-bond donors (Lipinski definition) is 1. The molecule has 2 unspecified atom stereocenters. The zero-order chi connectivity index (χ0) is 36.1. The number of carbonyl (C=O) groups is 1. The molecule has 4 atom stereocenters. The van der Waals surface area contributed by atoms with Crippen molar-refractivity contribution >= 4 is 28.5 Å². The van der Waals surface area contributed by atoms with Crippen LogP contribution >= 0.6 is 0 Å². The SMILES string of the molecule is C=CC(=O)N1CCN(c2nc(=O)n3c4nc(c(C)cc24)-c2c(F)cccc2OCC(OCC2CC2)C(O)C2=C3[C@@H](C)N(CC(C)C)C=C2)[C@@H](C)C1. The molecule has 3 aromatic rings. The first kappa shape index (κ1) is 34.9. The van der Waals surface area contributed by atoms with E-state index in [9.17, 15) is 14.7 Å². The van der Waals surface area contributed by atoms with Gasteiger partial charge in [0, 0.05) is 44.0 Å². The highest BCUT2D eigenvalue weighted by molar-refractivity contribution is 5.93. The highest BCUT2D eigenvalue weighted by Crippen LogP contribution is 2.40. The first-order valence-corrected chi connectivity index (χ1v) is 18.0. The van der Waals surface area contributed by atoms with Crippen LogP contribution in [0.4, 0.5) is 10.2 Å². The van der Waals surface area contributed by atoms with E-state index in [0.29, 0.717) is 84.0 Å². The molecule has 1 aliphatic carbocycles. The number of hydrogen-bond acceptors (Lipinski definition) is 9. The molecule has 4 aliphatic rings. The van der Waals surface area contributed by atoms with Crippen LogP contribution in [-0.4, -0.2) is 99.0 Å². The van der Waals surface area contributed by atoms with Crippen molar-refractivity contribution < 1.29 is 23.8 Å². The summed E-state index contributed by atoms with van der Waals surface area (Å²) in [5.41, 5.74) is 1.95. The number of aromatic nitrogens is 3. The van der Waals surface area contributed by atoms with E-state index in [1.54, 1.807) is 17.0 Å². The average Bonchev–Trinajstić information content (AvgIpc) is 3.93. The Kier molecular flexibility index (Phi) is 9.49. The van der Waals surface area contributed by atoms with Crippen molar-refractivity contribution in [3.63, 3.8) is 0 Å². The van der Waals surface area contributed by atoms with Crippen LogP contribution in [-0.2, 0) is 9.53 Å². The number of nitrogens with zero attached hydrogens (tertiary/aromatic N) is 6. The van der Waals surface area contributed by atoms with Crippen LogP contribution in [0.25, 0.3) is 28.0 Å². The van der Waals surface area contributed by atoms with Gasteiger partial charge in [-0.1, -0.05) is 26.5 Å². The van der Waals surface area contributed by atoms with Crippen molar-refractivity contribution in [1.29, 1.82) is 0 Å². The largest absolute Gasteiger partial charge is 0.490 e. The van der Waals surface area contributed by atoms with Crippen LogP contribution in [0.5, 0.6) is 5.75 Å². The summed E-state index contributed by atoms with van der Waals surface area (Å²) in [5.74, 6) is 0.769. The number of fused-ring (bicyclic) bond motifs is 4. The third kappa shape index (κ3) is 6.55. The first-order chi connectivity index (χ1) is 24.5. The van der Waals surface area contributed by atoms with Crippen LogP contribution in [0.15, 0.2) is 59.6 Å². The minimum absolute atomic E-state index is 0.0441. The van der Waals surface area contributed by atoms with Gasteiger partial charge in [-0.25, -0.2) is 18.7 Å². The summed E-state index contributed by atoms with van der Waals surface area (Å²) >= 11 is 0. The maximum absolute atomic E-state index is 16.0. The molecule has 51 heavy (non-hydrogen) atoms. The summed E-state index contributed by atoms with van der Waals surface area (Å²) in [6, 6.07) is 5.99. The maximum Gasteiger partial charge on any atom is 0.355 e. The zero-order valence-electron chi connectivity index (χ0n) is 30.0. The lowest BCUT2D eigenvalue weighted by atomic mass is 9.94. The summed E-state index contributed by atoms with van der Waals surface area (Å²) in [6.45, 7) is 16.2. The molecule has 2 aromatic heterocycles. The number of pyridine rings is 1. The van der Waals surface area contributed by atoms with Crippen molar-refractivity contribution in [2.45, 2.75) is 71.8 Å². The van der Waals surface area contributed by atoms with E-state index in [-0.39, 0.29) is 35.9 Å². The maximum atomic E-state index is 16.0. The average molecular weight is 699 g/mol. The molecular formula is C39H47FN6O5. The zero-order valence-corrected chi connectivity index (χ0v) is 30.0. The molecule has 1 saturated heterocycles. The molecule has 3 aliphatic heterocycles. The number of halogens is 1. The van der Waals surface area contributed by atoms with Gasteiger partial charge in [0.15, 0.2) is 5.65 Å². The van der Waals surface area contributed by atoms with Crippen molar-refractivity contribution in [3.05, 3.63) is 76.6 Å². The molecule has 0 spiro atoms. The molecule has 5 heterocycles. The van der Waals surface area contributed by atoms with Gasteiger partial charge in [0.1, 0.15) is 36.2 Å². The molecule has 7 rings (SSSR count). The molecule has 1 saturated carbocycles. The van der Waals surface area contributed by atoms with Crippen LogP contribution in [0, 0.1) is 24.6 Å². The Bertz CT molecular complexity index is 1990. The number of ether oxygens (including phenoxy) is 2. The topological polar surface area (TPSA) is 113 Å². The summed E-state index contributed by atoms with van der Waals surface area (Å²) in [4.78, 5) is 42.9. The van der Waals surface area contributed by atoms with Crippen molar-refractivity contribution in [2.75, 3.05) is 44.3 Å². The van der Waals surface area contributed by atoms with E-state index >= 15 is 4.39 Å². The van der Waals surface area contributed by atoms with E-state index in [4.69, 9.17) is 19.4 Å². The van der Waals surface area contributed by atoms with Gasteiger partial charge in [0.05, 0.1) is 35.0 Å². The Morgan fingerprint density at radius 3 is 2.71 bits per heavy atom. The van der Waals surface area contributed by atoms with Crippen molar-refractivity contribution in [2.24, 2.45) is 11.8 Å². The van der Waals surface area contributed by atoms with Gasteiger partial charge in [-0.3, -0.25) is 4.79 Å². The number of aryl methyl sites for hydroxylation is 1. The van der Waals surface area contributed by atoms with E-state index in [1.165, 1.54) is 16.7 Å². The number of carbonyl (C=O) groups excluding carboxylic acids is 1. The normalized spacial score (nSPS) is 23.6. The fraction of sp³-hybridized carbons (Fsp3) is 0.487. The number of benzene rings is 1. The third-order valence-electron chi connectivity index (χ3n) is 10.4. The van der Waals surface area contributed by atoms with E-state index in [2.05, 4.69) is 25.3 Å².